The Labute approximate surface area is 153 Å². The first kappa shape index (κ1) is 17.2. The number of halogens is 1. The van der Waals surface area contributed by atoms with E-state index in [1.807, 2.05) is 19.1 Å². The molecule has 1 aliphatic rings. The minimum Gasteiger partial charge on any atom is -0.493 e. The first-order chi connectivity index (χ1) is 12.0. The average molecular weight is 405 g/mol. The van der Waals surface area contributed by atoms with Gasteiger partial charge in [-0.25, -0.2) is 0 Å². The van der Waals surface area contributed by atoms with Gasteiger partial charge in [-0.2, -0.15) is 5.26 Å². The third-order valence-corrected chi connectivity index (χ3v) is 4.75. The molecule has 8 heteroatoms. The third kappa shape index (κ3) is 2.70. The van der Waals surface area contributed by atoms with E-state index >= 15 is 0 Å². The average Bonchev–Trinajstić information content (AvgIpc) is 3.01. The summed E-state index contributed by atoms with van der Waals surface area (Å²) in [4.78, 5) is 0. The molecule has 1 aromatic carbocycles. The van der Waals surface area contributed by atoms with Gasteiger partial charge in [0.2, 0.25) is 11.8 Å². The first-order valence-corrected chi connectivity index (χ1v) is 8.41. The van der Waals surface area contributed by atoms with E-state index in [1.54, 1.807) is 14.2 Å². The number of aryl methyl sites for hydroxylation is 1. The molecule has 1 aliphatic heterocycles. The van der Waals surface area contributed by atoms with Crippen molar-refractivity contribution in [1.29, 1.82) is 5.26 Å². The number of nitrogens with zero attached hydrogens (tertiary/aromatic N) is 2. The number of methoxy groups -OCH3 is 2. The summed E-state index contributed by atoms with van der Waals surface area (Å²) in [5.74, 6) is 1.18. The number of hydrogen-bond acceptors (Lipinski definition) is 6. The number of rotatable bonds is 4. The highest BCUT2D eigenvalue weighted by molar-refractivity contribution is 9.10. The van der Waals surface area contributed by atoms with Crippen LogP contribution in [0.15, 0.2) is 28.1 Å². The van der Waals surface area contributed by atoms with Crippen molar-refractivity contribution in [1.82, 2.24) is 10.2 Å². The number of nitrogens with one attached hydrogen (secondary N) is 1. The zero-order valence-corrected chi connectivity index (χ0v) is 15.6. The second-order valence-electron chi connectivity index (χ2n) is 5.44. The number of aromatic nitrogens is 2. The van der Waals surface area contributed by atoms with Crippen molar-refractivity contribution in [3.8, 4) is 23.4 Å². The van der Waals surface area contributed by atoms with Crippen LogP contribution < -0.4 is 19.9 Å². The molecule has 0 saturated carbocycles. The Balaban J connectivity index is 2.26. The van der Waals surface area contributed by atoms with Crippen molar-refractivity contribution in [2.24, 2.45) is 5.73 Å². The lowest BCUT2D eigenvalue weighted by molar-refractivity contribution is 0.352. The lowest BCUT2D eigenvalue weighted by Crippen LogP contribution is -2.21. The van der Waals surface area contributed by atoms with Crippen molar-refractivity contribution >= 4 is 15.9 Å². The zero-order valence-electron chi connectivity index (χ0n) is 14.0. The lowest BCUT2D eigenvalue weighted by atomic mass is 9.83. The molecule has 1 atom stereocenters. The summed E-state index contributed by atoms with van der Waals surface area (Å²) in [7, 11) is 3.13. The minimum absolute atomic E-state index is 0.0556. The number of allylic oxidation sites excluding steroid dienone is 1. The van der Waals surface area contributed by atoms with Gasteiger partial charge in [0.1, 0.15) is 11.6 Å². The number of nitrogens with two attached hydrogens (primary N) is 1. The number of H-pyrrole nitrogens is 1. The molecule has 0 radical (unpaired) electrons. The van der Waals surface area contributed by atoms with E-state index in [1.165, 1.54) is 0 Å². The molecule has 0 fully saturated rings. The fourth-order valence-electron chi connectivity index (χ4n) is 3.02. The highest BCUT2D eigenvalue weighted by Gasteiger charge is 2.35. The van der Waals surface area contributed by atoms with Gasteiger partial charge in [0.25, 0.3) is 0 Å². The van der Waals surface area contributed by atoms with Gasteiger partial charge in [0.05, 0.1) is 24.6 Å². The number of benzene rings is 1. The second-order valence-corrected chi connectivity index (χ2v) is 6.29. The van der Waals surface area contributed by atoms with E-state index in [0.717, 1.165) is 27.7 Å². The van der Waals surface area contributed by atoms with Gasteiger partial charge in [0.15, 0.2) is 11.5 Å². The third-order valence-electron chi connectivity index (χ3n) is 4.16. The maximum atomic E-state index is 9.65. The van der Waals surface area contributed by atoms with Gasteiger partial charge < -0.3 is 19.9 Å². The number of ether oxygens (including phenoxy) is 3. The van der Waals surface area contributed by atoms with Crippen LogP contribution in [0.4, 0.5) is 0 Å². The van der Waals surface area contributed by atoms with Crippen molar-refractivity contribution in [3.63, 3.8) is 0 Å². The second kappa shape index (κ2) is 6.69. The topological polar surface area (TPSA) is 106 Å². The molecule has 0 spiro atoms. The molecule has 0 amide bonds. The van der Waals surface area contributed by atoms with Crippen LogP contribution in [0.25, 0.3) is 0 Å². The van der Waals surface area contributed by atoms with Crippen LogP contribution in [0.1, 0.15) is 29.7 Å². The summed E-state index contributed by atoms with van der Waals surface area (Å²) in [6.45, 7) is 2.00. The summed E-state index contributed by atoms with van der Waals surface area (Å²) in [5, 5.41) is 16.8. The molecular weight excluding hydrogens is 388 g/mol. The summed E-state index contributed by atoms with van der Waals surface area (Å²) in [5.41, 5.74) is 8.83. The molecule has 0 unspecified atom stereocenters. The number of aromatic amines is 1. The van der Waals surface area contributed by atoms with Gasteiger partial charge in [-0.05, 0) is 40.0 Å². The van der Waals surface area contributed by atoms with E-state index in [4.69, 9.17) is 19.9 Å². The van der Waals surface area contributed by atoms with Gasteiger partial charge in [0, 0.05) is 11.3 Å². The van der Waals surface area contributed by atoms with Crippen molar-refractivity contribution < 1.29 is 14.2 Å². The van der Waals surface area contributed by atoms with Crippen LogP contribution in [-0.2, 0) is 6.42 Å². The molecule has 130 valence electrons. The maximum absolute atomic E-state index is 9.65. The van der Waals surface area contributed by atoms with Crippen LogP contribution in [0.3, 0.4) is 0 Å². The Morgan fingerprint density at radius 1 is 1.40 bits per heavy atom. The van der Waals surface area contributed by atoms with Gasteiger partial charge in [-0.3, -0.25) is 5.10 Å². The quantitative estimate of drug-likeness (QED) is 0.810. The summed E-state index contributed by atoms with van der Waals surface area (Å²) in [6.07, 6.45) is 0.718. The normalized spacial score (nSPS) is 16.0. The van der Waals surface area contributed by atoms with E-state index in [-0.39, 0.29) is 5.88 Å². The lowest BCUT2D eigenvalue weighted by Gasteiger charge is -2.25. The predicted molar refractivity (Wildman–Crippen MR) is 94.5 cm³/mol. The summed E-state index contributed by atoms with van der Waals surface area (Å²) < 4.78 is 17.0. The Hall–Kier alpha value is -2.66. The maximum Gasteiger partial charge on any atom is 0.244 e. The standard InChI is InChI=1S/C17H17BrN4O3/c1-4-11-14-13(9(7-19)16(20)25-17(14)22-21-11)8-5-10(18)15(24-3)12(6-8)23-2/h5-6,13H,4,20H2,1-3H3,(H,21,22)/t13-/m0/s1. The molecule has 1 aromatic heterocycles. The molecule has 2 aromatic rings. The van der Waals surface area contributed by atoms with Crippen LogP contribution in [0.5, 0.6) is 17.4 Å². The van der Waals surface area contributed by atoms with Crippen molar-refractivity contribution in [2.75, 3.05) is 14.2 Å². The molecule has 25 heavy (non-hydrogen) atoms. The molecule has 0 bridgehead atoms. The highest BCUT2D eigenvalue weighted by Crippen LogP contribution is 2.46. The zero-order chi connectivity index (χ0) is 18.1. The molecular formula is C17H17BrN4O3. The Bertz CT molecular complexity index is 898. The predicted octanol–water partition coefficient (Wildman–Crippen LogP) is 2.97. The van der Waals surface area contributed by atoms with Gasteiger partial charge in [-0.1, -0.05) is 6.92 Å². The van der Waals surface area contributed by atoms with Crippen LogP contribution in [0.2, 0.25) is 0 Å². The highest BCUT2D eigenvalue weighted by atomic mass is 79.9. The molecule has 3 rings (SSSR count). The largest absolute Gasteiger partial charge is 0.493 e. The fourth-order valence-corrected chi connectivity index (χ4v) is 3.64. The Morgan fingerprint density at radius 3 is 2.76 bits per heavy atom. The molecule has 2 heterocycles. The van der Waals surface area contributed by atoms with E-state index in [0.29, 0.717) is 23.0 Å². The molecule has 0 saturated heterocycles. The Morgan fingerprint density at radius 2 is 2.16 bits per heavy atom. The Kier molecular flexibility index (Phi) is 4.59. The van der Waals surface area contributed by atoms with Crippen LogP contribution in [-0.4, -0.2) is 24.4 Å². The summed E-state index contributed by atoms with van der Waals surface area (Å²) >= 11 is 3.50. The van der Waals surface area contributed by atoms with Gasteiger partial charge >= 0.3 is 0 Å². The van der Waals surface area contributed by atoms with E-state index < -0.39 is 5.92 Å². The monoisotopic (exact) mass is 404 g/mol. The van der Waals surface area contributed by atoms with Crippen LogP contribution in [0, 0.1) is 11.3 Å². The number of fused-ring (bicyclic) bond motifs is 1. The van der Waals surface area contributed by atoms with Crippen LogP contribution >= 0.6 is 15.9 Å². The minimum atomic E-state index is -0.404. The SMILES string of the molecule is CCc1[nH]nc2c1[C@@H](c1cc(Br)c(OC)c(OC)c1)C(C#N)=C(N)O2. The molecule has 0 aliphatic carbocycles. The van der Waals surface area contributed by atoms with E-state index in [9.17, 15) is 5.26 Å². The van der Waals surface area contributed by atoms with E-state index in [2.05, 4.69) is 32.2 Å². The fraction of sp³-hybridized carbons (Fsp3) is 0.294. The van der Waals surface area contributed by atoms with Crippen molar-refractivity contribution in [3.05, 3.63) is 44.9 Å². The first-order valence-electron chi connectivity index (χ1n) is 7.61. The summed E-state index contributed by atoms with van der Waals surface area (Å²) in [6, 6.07) is 5.89. The number of hydrogen-bond donors (Lipinski definition) is 2. The number of nitriles is 1. The smallest absolute Gasteiger partial charge is 0.244 e. The molecule has 3 N–H and O–H groups in total. The van der Waals surface area contributed by atoms with Crippen molar-refractivity contribution in [2.45, 2.75) is 19.3 Å². The van der Waals surface area contributed by atoms with Gasteiger partial charge in [-0.15, -0.1) is 5.10 Å². The molecule has 7 nitrogen and oxygen atoms in total.